The van der Waals surface area contributed by atoms with Crippen LogP contribution in [0.5, 0.6) is 0 Å². The third-order valence-corrected chi connectivity index (χ3v) is 2.67. The average Bonchev–Trinajstić information content (AvgIpc) is 2.60. The van der Waals surface area contributed by atoms with Crippen molar-refractivity contribution in [1.82, 2.24) is 15.5 Å². The molecule has 1 aromatic rings. The highest BCUT2D eigenvalue weighted by Crippen LogP contribution is 2.07. The fraction of sp³-hybridized carbons (Fsp3) is 0.778. The van der Waals surface area contributed by atoms with Gasteiger partial charge in [0, 0.05) is 12.1 Å². The maximum Gasteiger partial charge on any atom is 0.315 e. The van der Waals surface area contributed by atoms with Gasteiger partial charge in [-0.1, -0.05) is 5.10 Å². The molecule has 1 aromatic heterocycles. The lowest BCUT2D eigenvalue weighted by Crippen LogP contribution is -2.35. The van der Waals surface area contributed by atoms with Gasteiger partial charge in [-0.05, 0) is 20.8 Å². The van der Waals surface area contributed by atoms with Crippen LogP contribution in [0.25, 0.3) is 0 Å². The average molecular weight is 277 g/mol. The smallest absolute Gasteiger partial charge is 0.315 e. The molecule has 0 spiro atoms. The minimum absolute atomic E-state index is 0.0459. The van der Waals surface area contributed by atoms with Crippen LogP contribution >= 0.6 is 0 Å². The molecule has 4 N–H and O–H groups in total. The summed E-state index contributed by atoms with van der Waals surface area (Å²) in [4.78, 5) is 0. The van der Waals surface area contributed by atoms with Crippen molar-refractivity contribution in [2.45, 2.75) is 32.9 Å². The van der Waals surface area contributed by atoms with Gasteiger partial charge in [0.1, 0.15) is 0 Å². The molecule has 0 atom stereocenters. The highest BCUT2D eigenvalue weighted by atomic mass is 32.2. The molecule has 0 bridgehead atoms. The quantitative estimate of drug-likeness (QED) is 0.649. The predicted octanol–water partition coefficient (Wildman–Crippen LogP) is -0.342. The molecular weight excluding hydrogens is 258 g/mol. The maximum atomic E-state index is 10.7. The van der Waals surface area contributed by atoms with Crippen molar-refractivity contribution in [1.29, 1.82) is 0 Å². The Morgan fingerprint density at radius 3 is 2.56 bits per heavy atom. The molecule has 0 aliphatic heterocycles. The van der Waals surface area contributed by atoms with Crippen molar-refractivity contribution < 1.29 is 12.8 Å². The molecule has 0 saturated heterocycles. The van der Waals surface area contributed by atoms with Crippen LogP contribution in [0, 0.1) is 0 Å². The number of primary sulfonamides is 1. The number of nitrogens with two attached hydrogens (primary N) is 1. The van der Waals surface area contributed by atoms with Crippen LogP contribution in [-0.4, -0.2) is 36.5 Å². The summed E-state index contributed by atoms with van der Waals surface area (Å²) in [5.74, 6) is 0.244. The summed E-state index contributed by atoms with van der Waals surface area (Å²) < 4.78 is 26.7. The second-order valence-electron chi connectivity index (χ2n) is 4.90. The van der Waals surface area contributed by atoms with E-state index in [-0.39, 0.29) is 23.9 Å². The Morgan fingerprint density at radius 1 is 1.33 bits per heavy atom. The first-order valence-electron chi connectivity index (χ1n) is 5.47. The fourth-order valence-corrected chi connectivity index (χ4v) is 1.42. The van der Waals surface area contributed by atoms with Crippen LogP contribution in [0.3, 0.4) is 0 Å². The van der Waals surface area contributed by atoms with E-state index in [1.807, 2.05) is 20.8 Å². The van der Waals surface area contributed by atoms with Crippen LogP contribution in [0.15, 0.2) is 4.42 Å². The molecule has 1 heterocycles. The summed E-state index contributed by atoms with van der Waals surface area (Å²) in [6.07, 6.45) is 0. The van der Waals surface area contributed by atoms with Gasteiger partial charge in [0.05, 0.1) is 12.3 Å². The minimum atomic E-state index is -3.48. The Labute approximate surface area is 106 Å². The monoisotopic (exact) mass is 277 g/mol. The van der Waals surface area contributed by atoms with Crippen LogP contribution in [0.4, 0.5) is 6.01 Å². The minimum Gasteiger partial charge on any atom is -0.407 e. The van der Waals surface area contributed by atoms with E-state index in [9.17, 15) is 8.42 Å². The van der Waals surface area contributed by atoms with Crippen molar-refractivity contribution in [3.63, 3.8) is 0 Å². The SMILES string of the molecule is CC(C)(C)NCc1nnc(NCCS(N)(=O)=O)o1. The molecule has 0 fully saturated rings. The second-order valence-corrected chi connectivity index (χ2v) is 6.63. The van der Waals surface area contributed by atoms with E-state index in [4.69, 9.17) is 9.56 Å². The van der Waals surface area contributed by atoms with E-state index in [1.165, 1.54) is 0 Å². The molecule has 0 unspecified atom stereocenters. The third kappa shape index (κ3) is 6.52. The zero-order chi connectivity index (χ0) is 13.8. The highest BCUT2D eigenvalue weighted by molar-refractivity contribution is 7.89. The van der Waals surface area contributed by atoms with Crippen LogP contribution in [-0.2, 0) is 16.6 Å². The van der Waals surface area contributed by atoms with Gasteiger partial charge >= 0.3 is 6.01 Å². The molecule has 8 nitrogen and oxygen atoms in total. The van der Waals surface area contributed by atoms with Gasteiger partial charge in [-0.15, -0.1) is 5.10 Å². The van der Waals surface area contributed by atoms with Crippen molar-refractivity contribution in [2.24, 2.45) is 5.14 Å². The van der Waals surface area contributed by atoms with Crippen molar-refractivity contribution in [3.8, 4) is 0 Å². The molecular formula is C9H19N5O3S. The summed E-state index contributed by atoms with van der Waals surface area (Å²) in [7, 11) is -3.48. The van der Waals surface area contributed by atoms with Crippen molar-refractivity contribution in [3.05, 3.63) is 5.89 Å². The van der Waals surface area contributed by atoms with Gasteiger partial charge in [0.15, 0.2) is 0 Å². The zero-order valence-corrected chi connectivity index (χ0v) is 11.5. The molecule has 0 aromatic carbocycles. The molecule has 0 aliphatic carbocycles. The van der Waals surface area contributed by atoms with E-state index in [1.54, 1.807) is 0 Å². The first-order chi connectivity index (χ1) is 8.16. The van der Waals surface area contributed by atoms with Gasteiger partial charge in [0.2, 0.25) is 15.9 Å². The Kier molecular flexibility index (Phi) is 4.65. The number of hydrogen-bond donors (Lipinski definition) is 3. The molecule has 0 aliphatic rings. The van der Waals surface area contributed by atoms with Gasteiger partial charge in [-0.25, -0.2) is 13.6 Å². The normalized spacial score (nSPS) is 12.7. The number of anilines is 1. The first kappa shape index (κ1) is 14.9. The lowest BCUT2D eigenvalue weighted by atomic mass is 10.1. The van der Waals surface area contributed by atoms with E-state index in [0.717, 1.165) is 0 Å². The largest absolute Gasteiger partial charge is 0.407 e. The van der Waals surface area contributed by atoms with Crippen LogP contribution in [0.2, 0.25) is 0 Å². The number of rotatable bonds is 6. The van der Waals surface area contributed by atoms with Gasteiger partial charge in [0.25, 0.3) is 0 Å². The van der Waals surface area contributed by atoms with E-state index < -0.39 is 10.0 Å². The van der Waals surface area contributed by atoms with Crippen molar-refractivity contribution in [2.75, 3.05) is 17.6 Å². The van der Waals surface area contributed by atoms with Crippen LogP contribution in [0.1, 0.15) is 26.7 Å². The Hall–Kier alpha value is -1.19. The maximum absolute atomic E-state index is 10.7. The van der Waals surface area contributed by atoms with Gasteiger partial charge in [-0.2, -0.15) is 0 Å². The highest BCUT2D eigenvalue weighted by Gasteiger charge is 2.12. The first-order valence-corrected chi connectivity index (χ1v) is 7.19. The second kappa shape index (κ2) is 5.63. The van der Waals surface area contributed by atoms with Crippen molar-refractivity contribution >= 4 is 16.0 Å². The lowest BCUT2D eigenvalue weighted by Gasteiger charge is -2.18. The summed E-state index contributed by atoms with van der Waals surface area (Å²) in [5, 5.41) is 18.3. The van der Waals surface area contributed by atoms with Gasteiger partial charge < -0.3 is 15.1 Å². The zero-order valence-electron chi connectivity index (χ0n) is 10.7. The third-order valence-electron chi connectivity index (χ3n) is 1.90. The number of hydrogen-bond acceptors (Lipinski definition) is 7. The molecule has 9 heteroatoms. The molecule has 0 radical (unpaired) electrons. The van der Waals surface area contributed by atoms with E-state index in [2.05, 4.69) is 20.8 Å². The topological polar surface area (TPSA) is 123 Å². The lowest BCUT2D eigenvalue weighted by molar-refractivity contribution is 0.384. The summed E-state index contributed by atoms with van der Waals surface area (Å²) >= 11 is 0. The molecule has 1 rings (SSSR count). The summed E-state index contributed by atoms with van der Waals surface area (Å²) in [5.41, 5.74) is -0.0459. The Balaban J connectivity index is 2.39. The number of sulfonamides is 1. The Bertz CT molecular complexity index is 477. The predicted molar refractivity (Wildman–Crippen MR) is 67.4 cm³/mol. The number of nitrogens with zero attached hydrogens (tertiary/aromatic N) is 2. The van der Waals surface area contributed by atoms with E-state index in [0.29, 0.717) is 12.4 Å². The molecule has 0 amide bonds. The Morgan fingerprint density at radius 2 is 2.00 bits per heavy atom. The number of nitrogens with one attached hydrogen (secondary N) is 2. The van der Waals surface area contributed by atoms with E-state index >= 15 is 0 Å². The summed E-state index contributed by atoms with van der Waals surface area (Å²) in [6, 6.07) is 0.185. The fourth-order valence-electron chi connectivity index (χ4n) is 1.04. The molecule has 18 heavy (non-hydrogen) atoms. The van der Waals surface area contributed by atoms with Crippen LogP contribution < -0.4 is 15.8 Å². The van der Waals surface area contributed by atoms with Gasteiger partial charge in [-0.3, -0.25) is 0 Å². The number of aromatic nitrogens is 2. The standard InChI is InChI=1S/C9H19N5O3S/c1-9(2,3)12-6-7-13-14-8(17-7)11-4-5-18(10,15)16/h12H,4-6H2,1-3H3,(H,11,14)(H2,10,15,16). The summed E-state index contributed by atoms with van der Waals surface area (Å²) in [6.45, 7) is 6.65. The molecule has 104 valence electrons. The molecule has 0 saturated carbocycles.